The van der Waals surface area contributed by atoms with Gasteiger partial charge in [0.2, 0.25) is 5.91 Å². The van der Waals surface area contributed by atoms with Gasteiger partial charge < -0.3 is 15.4 Å². The minimum Gasteiger partial charge on any atom is -0.484 e. The van der Waals surface area contributed by atoms with Gasteiger partial charge in [-0.15, -0.1) is 11.8 Å². The van der Waals surface area contributed by atoms with E-state index >= 15 is 0 Å². The van der Waals surface area contributed by atoms with Gasteiger partial charge in [-0.3, -0.25) is 9.59 Å². The number of para-hydroxylation sites is 1. The molecule has 1 atom stereocenters. The molecular formula is C23H20Cl2N2O3S. The van der Waals surface area contributed by atoms with Gasteiger partial charge in [-0.1, -0.05) is 47.5 Å². The van der Waals surface area contributed by atoms with Crippen LogP contribution in [0, 0.1) is 0 Å². The summed E-state index contributed by atoms with van der Waals surface area (Å²) in [6, 6.07) is 21.5. The number of amides is 2. The number of ether oxygens (including phenoxy) is 1. The van der Waals surface area contributed by atoms with Crippen molar-refractivity contribution in [2.24, 2.45) is 0 Å². The van der Waals surface area contributed by atoms with Gasteiger partial charge in [0.05, 0.1) is 21.0 Å². The molecule has 0 aliphatic heterocycles. The molecule has 0 aliphatic rings. The Morgan fingerprint density at radius 1 is 0.935 bits per heavy atom. The molecule has 0 saturated heterocycles. The summed E-state index contributed by atoms with van der Waals surface area (Å²) in [4.78, 5) is 25.4. The van der Waals surface area contributed by atoms with Gasteiger partial charge in [-0.05, 0) is 55.5 Å². The molecule has 31 heavy (non-hydrogen) atoms. The second-order valence-electron chi connectivity index (χ2n) is 6.52. The number of rotatable bonds is 8. The Balaban J connectivity index is 1.49. The molecule has 3 aromatic rings. The van der Waals surface area contributed by atoms with Crippen LogP contribution < -0.4 is 15.4 Å². The second kappa shape index (κ2) is 11.1. The Kier molecular flexibility index (Phi) is 8.23. The van der Waals surface area contributed by atoms with Gasteiger partial charge >= 0.3 is 0 Å². The van der Waals surface area contributed by atoms with Crippen LogP contribution in [0.4, 0.5) is 11.4 Å². The third kappa shape index (κ3) is 6.92. The number of hydrogen-bond acceptors (Lipinski definition) is 4. The highest BCUT2D eigenvalue weighted by Gasteiger charge is 2.16. The quantitative estimate of drug-likeness (QED) is 0.385. The Morgan fingerprint density at radius 3 is 2.35 bits per heavy atom. The van der Waals surface area contributed by atoms with Crippen molar-refractivity contribution in [2.45, 2.75) is 17.1 Å². The lowest BCUT2D eigenvalue weighted by Gasteiger charge is -2.14. The summed E-state index contributed by atoms with van der Waals surface area (Å²) in [5.41, 5.74) is 1.12. The van der Waals surface area contributed by atoms with E-state index < -0.39 is 0 Å². The number of thioether (sulfide) groups is 1. The monoisotopic (exact) mass is 474 g/mol. The molecule has 1 unspecified atom stereocenters. The molecule has 0 spiro atoms. The van der Waals surface area contributed by atoms with Crippen molar-refractivity contribution in [2.75, 3.05) is 17.2 Å². The van der Waals surface area contributed by atoms with Crippen molar-refractivity contribution < 1.29 is 14.3 Å². The SMILES string of the molecule is CC(Sc1ccc(NC(=O)COc2ccccc2)cc1)C(=O)Nc1cccc(Cl)c1Cl. The molecule has 0 fully saturated rings. The molecule has 0 radical (unpaired) electrons. The first kappa shape index (κ1) is 23.0. The molecular weight excluding hydrogens is 455 g/mol. The normalized spacial score (nSPS) is 11.5. The predicted octanol–water partition coefficient (Wildman–Crippen LogP) is 6.13. The standard InChI is InChI=1S/C23H20Cl2N2O3S/c1-15(23(29)27-20-9-5-8-19(24)22(20)25)31-18-12-10-16(11-13-18)26-21(28)14-30-17-6-3-2-4-7-17/h2-13,15H,14H2,1H3,(H,26,28)(H,27,29). The third-order valence-corrected chi connectivity index (χ3v) is 6.07. The lowest BCUT2D eigenvalue weighted by molar-refractivity contribution is -0.118. The van der Waals surface area contributed by atoms with E-state index in [1.54, 1.807) is 49.4 Å². The number of nitrogens with one attached hydrogen (secondary N) is 2. The topological polar surface area (TPSA) is 67.4 Å². The van der Waals surface area contributed by atoms with Gasteiger partial charge in [-0.2, -0.15) is 0 Å². The molecule has 0 saturated carbocycles. The average Bonchev–Trinajstić information content (AvgIpc) is 2.77. The molecule has 0 aromatic heterocycles. The first-order valence-corrected chi connectivity index (χ1v) is 11.1. The highest BCUT2D eigenvalue weighted by molar-refractivity contribution is 8.00. The molecule has 3 rings (SSSR count). The molecule has 160 valence electrons. The maximum Gasteiger partial charge on any atom is 0.262 e. The summed E-state index contributed by atoms with van der Waals surface area (Å²) in [7, 11) is 0. The van der Waals surface area contributed by atoms with Crippen LogP contribution in [-0.4, -0.2) is 23.7 Å². The summed E-state index contributed by atoms with van der Waals surface area (Å²) in [5, 5.41) is 5.90. The summed E-state index contributed by atoms with van der Waals surface area (Å²) >= 11 is 13.5. The number of halogens is 2. The Bertz CT molecular complexity index is 1050. The lowest BCUT2D eigenvalue weighted by atomic mass is 10.3. The van der Waals surface area contributed by atoms with Crippen LogP contribution in [0.15, 0.2) is 77.7 Å². The minimum absolute atomic E-state index is 0.0796. The third-order valence-electron chi connectivity index (χ3n) is 4.14. The summed E-state index contributed by atoms with van der Waals surface area (Å²) in [5.74, 6) is 0.190. The van der Waals surface area contributed by atoms with Crippen LogP contribution in [0.25, 0.3) is 0 Å². The van der Waals surface area contributed by atoms with Gasteiger partial charge in [0.1, 0.15) is 5.75 Å². The second-order valence-corrected chi connectivity index (χ2v) is 8.72. The summed E-state index contributed by atoms with van der Waals surface area (Å²) in [6.45, 7) is 1.72. The van der Waals surface area contributed by atoms with Crippen molar-refractivity contribution in [1.82, 2.24) is 0 Å². The van der Waals surface area contributed by atoms with Gasteiger partial charge in [-0.25, -0.2) is 0 Å². The number of hydrogen-bond donors (Lipinski definition) is 2. The molecule has 8 heteroatoms. The number of carbonyl (C=O) groups excluding carboxylic acids is 2. The maximum atomic E-state index is 12.5. The fourth-order valence-electron chi connectivity index (χ4n) is 2.57. The number of carbonyl (C=O) groups is 2. The van der Waals surface area contributed by atoms with E-state index in [-0.39, 0.29) is 23.7 Å². The fourth-order valence-corrected chi connectivity index (χ4v) is 3.79. The first-order valence-electron chi connectivity index (χ1n) is 9.41. The van der Waals surface area contributed by atoms with Crippen molar-refractivity contribution in [3.8, 4) is 5.75 Å². The molecule has 2 N–H and O–H groups in total. The number of anilines is 2. The highest BCUT2D eigenvalue weighted by Crippen LogP contribution is 2.31. The van der Waals surface area contributed by atoms with Crippen molar-refractivity contribution in [3.05, 3.63) is 82.8 Å². The molecule has 3 aromatic carbocycles. The molecule has 0 bridgehead atoms. The van der Waals surface area contributed by atoms with Crippen LogP contribution in [0.1, 0.15) is 6.92 Å². The van der Waals surface area contributed by atoms with Crippen LogP contribution in [0.5, 0.6) is 5.75 Å². The largest absolute Gasteiger partial charge is 0.484 e. The number of benzene rings is 3. The molecule has 5 nitrogen and oxygen atoms in total. The van der Waals surface area contributed by atoms with Crippen molar-refractivity contribution in [1.29, 1.82) is 0 Å². The van der Waals surface area contributed by atoms with E-state index in [9.17, 15) is 9.59 Å². The van der Waals surface area contributed by atoms with Crippen molar-refractivity contribution >= 4 is 58.2 Å². The van der Waals surface area contributed by atoms with E-state index in [2.05, 4.69) is 10.6 Å². The first-order chi connectivity index (χ1) is 14.9. The molecule has 0 aliphatic carbocycles. The summed E-state index contributed by atoms with van der Waals surface area (Å²) in [6.07, 6.45) is 0. The molecule has 2 amide bonds. The van der Waals surface area contributed by atoms with E-state index in [4.69, 9.17) is 27.9 Å². The highest BCUT2D eigenvalue weighted by atomic mass is 35.5. The molecule has 0 heterocycles. The van der Waals surface area contributed by atoms with Crippen LogP contribution >= 0.6 is 35.0 Å². The summed E-state index contributed by atoms with van der Waals surface area (Å²) < 4.78 is 5.43. The van der Waals surface area contributed by atoms with Crippen molar-refractivity contribution in [3.63, 3.8) is 0 Å². The van der Waals surface area contributed by atoms with Crippen LogP contribution in [0.3, 0.4) is 0 Å². The van der Waals surface area contributed by atoms with E-state index in [0.717, 1.165) is 4.90 Å². The fraction of sp³-hybridized carbons (Fsp3) is 0.130. The Morgan fingerprint density at radius 2 is 1.65 bits per heavy atom. The smallest absolute Gasteiger partial charge is 0.262 e. The van der Waals surface area contributed by atoms with Gasteiger partial charge in [0.25, 0.3) is 5.91 Å². The van der Waals surface area contributed by atoms with E-state index in [1.807, 2.05) is 30.3 Å². The minimum atomic E-state index is -0.366. The Labute approximate surface area is 195 Å². The van der Waals surface area contributed by atoms with E-state index in [1.165, 1.54) is 11.8 Å². The van der Waals surface area contributed by atoms with Crippen LogP contribution in [0.2, 0.25) is 10.0 Å². The zero-order valence-electron chi connectivity index (χ0n) is 16.6. The predicted molar refractivity (Wildman–Crippen MR) is 127 cm³/mol. The Hall–Kier alpha value is -2.67. The van der Waals surface area contributed by atoms with Gasteiger partial charge in [0, 0.05) is 10.6 Å². The average molecular weight is 475 g/mol. The zero-order chi connectivity index (χ0) is 22.2. The van der Waals surface area contributed by atoms with Gasteiger partial charge in [0.15, 0.2) is 6.61 Å². The van der Waals surface area contributed by atoms with E-state index in [0.29, 0.717) is 27.2 Å². The maximum absolute atomic E-state index is 12.5. The lowest BCUT2D eigenvalue weighted by Crippen LogP contribution is -2.22. The van der Waals surface area contributed by atoms with Crippen LogP contribution in [-0.2, 0) is 9.59 Å². The zero-order valence-corrected chi connectivity index (χ0v) is 18.9.